The Labute approximate surface area is 438 Å². The molecule has 5 aliphatic heterocycles. The van der Waals surface area contributed by atoms with Crippen LogP contribution in [0.2, 0.25) is 0 Å². The Morgan fingerprint density at radius 1 is 0.803 bits per heavy atom. The minimum absolute atomic E-state index is 0. The van der Waals surface area contributed by atoms with Gasteiger partial charge in [-0.25, -0.2) is 9.59 Å². The number of carboxylic acid groups (broad SMARTS) is 2. The number of nitrogens with one attached hydrogen (secondary N) is 3. The summed E-state index contributed by atoms with van der Waals surface area (Å²) in [6.07, 6.45) is 24.5. The number of aliphatic carboxylic acids is 2. The third kappa shape index (κ3) is 27.1. The second-order valence-electron chi connectivity index (χ2n) is 15.1. The van der Waals surface area contributed by atoms with Gasteiger partial charge >= 0.3 is 68.8 Å². The number of amides is 4. The Morgan fingerprint density at radius 2 is 1.21 bits per heavy atom. The first kappa shape index (κ1) is 68.8. The molecular formula is C42H74Au2BN10O7P2S2. The number of fused-ring (bicyclic) bond motifs is 2. The molecule has 0 aromatic carbocycles. The summed E-state index contributed by atoms with van der Waals surface area (Å²) < 4.78 is 4.94. The van der Waals surface area contributed by atoms with Crippen molar-refractivity contribution in [2.75, 3.05) is 68.2 Å². The normalized spacial score (nSPS) is 21.4. The molecule has 5 aliphatic rings. The van der Waals surface area contributed by atoms with Crippen LogP contribution in [0.3, 0.4) is 0 Å². The maximum atomic E-state index is 12.1. The molecule has 17 nitrogen and oxygen atoms in total. The van der Waals surface area contributed by atoms with Crippen LogP contribution in [0.25, 0.3) is 16.0 Å². The number of carbonyl (C=O) groups is 4. The summed E-state index contributed by atoms with van der Waals surface area (Å²) in [4.78, 5) is 50.0. The molecule has 0 saturated carbocycles. The summed E-state index contributed by atoms with van der Waals surface area (Å²) in [5.41, 5.74) is 14.2. The van der Waals surface area contributed by atoms with Crippen LogP contribution in [0.4, 0.5) is 9.59 Å². The smallest absolute Gasteiger partial charge is 0.481 e. The first-order valence-electron chi connectivity index (χ1n) is 22.4. The Hall–Kier alpha value is -1.44. The van der Waals surface area contributed by atoms with Crippen molar-refractivity contribution in [2.24, 2.45) is 0 Å². The van der Waals surface area contributed by atoms with Crippen LogP contribution in [0.15, 0.2) is 0 Å². The van der Waals surface area contributed by atoms with Gasteiger partial charge < -0.3 is 57.7 Å². The Kier molecular flexibility index (Phi) is 44.2. The van der Waals surface area contributed by atoms with E-state index in [1.165, 1.54) is 54.7 Å². The van der Waals surface area contributed by atoms with Gasteiger partial charge in [0.1, 0.15) is 0 Å². The number of carboxylic acids is 2. The number of nitrogens with zero attached hydrogens (tertiary/aromatic N) is 7. The van der Waals surface area contributed by atoms with E-state index in [4.69, 9.17) is 32.4 Å². The zero-order valence-corrected chi connectivity index (χ0v) is 47.3. The van der Waals surface area contributed by atoms with E-state index in [0.717, 1.165) is 50.4 Å². The zero-order valence-electron chi connectivity index (χ0n) is 39.6. The van der Waals surface area contributed by atoms with Crippen molar-refractivity contribution in [3.8, 4) is 12.3 Å². The van der Waals surface area contributed by atoms with E-state index >= 15 is 0 Å². The molecule has 0 bridgehead atoms. The van der Waals surface area contributed by atoms with Crippen LogP contribution < -0.4 is 10.6 Å². The van der Waals surface area contributed by atoms with E-state index in [1.54, 1.807) is 4.90 Å². The Bertz CT molecular complexity index is 1490. The number of hydrogen-bond donors (Lipinski definition) is 5. The maximum absolute atomic E-state index is 12.1. The number of carbonyl (C=O) groups excluding carboxylic acids is 2. The van der Waals surface area contributed by atoms with Crippen molar-refractivity contribution in [1.82, 2.24) is 35.8 Å². The number of ether oxygens (including phenoxy) is 1. The van der Waals surface area contributed by atoms with Crippen LogP contribution in [0.1, 0.15) is 111 Å². The number of hydrogen-bond acceptors (Lipinski definition) is 9. The molecule has 6 heterocycles. The number of terminal acetylenes is 1. The van der Waals surface area contributed by atoms with Crippen LogP contribution >= 0.6 is 39.4 Å². The fourth-order valence-corrected chi connectivity index (χ4v) is 13.6. The Balaban J connectivity index is -0.000000811. The van der Waals surface area contributed by atoms with Crippen LogP contribution in [-0.2, 0) is 65.6 Å². The number of rotatable bonds is 19. The molecule has 5 saturated heterocycles. The molecule has 0 spiro atoms. The second-order valence-corrected chi connectivity index (χ2v) is 24.1. The minimum atomic E-state index is -0.751. The third-order valence-corrected chi connectivity index (χ3v) is 19.6. The van der Waals surface area contributed by atoms with E-state index in [0.29, 0.717) is 58.0 Å². The molecule has 4 amide bonds. The third-order valence-electron chi connectivity index (χ3n) is 11.2. The topological polar surface area (TPSA) is 249 Å². The van der Waals surface area contributed by atoms with E-state index in [9.17, 15) is 19.2 Å². The van der Waals surface area contributed by atoms with Crippen LogP contribution in [0.5, 0.6) is 0 Å². The molecule has 3 radical (unpaired) electrons. The van der Waals surface area contributed by atoms with Gasteiger partial charge in [-0.3, -0.25) is 19.6 Å². The number of urea groups is 2. The molecule has 5 fully saturated rings. The number of thioether (sulfide) groups is 2. The summed E-state index contributed by atoms with van der Waals surface area (Å²) in [6.45, 7) is 16.5. The fourth-order valence-electron chi connectivity index (χ4n) is 7.70. The quantitative estimate of drug-likeness (QED) is 0.0102. The van der Waals surface area contributed by atoms with Crippen molar-refractivity contribution in [3.63, 3.8) is 0 Å². The monoisotopic (exact) mass is 1360 g/mol. The molecule has 66 heavy (non-hydrogen) atoms. The van der Waals surface area contributed by atoms with Gasteiger partial charge in [-0.1, -0.05) is 60.3 Å². The molecular weight excluding hydrogens is 1290 g/mol. The maximum Gasteiger partial charge on any atom is 1.00 e. The number of H-pyrrole nitrogens is 1. The molecule has 5 N–H and O–H groups in total. The molecule has 1 aromatic rings. The van der Waals surface area contributed by atoms with Crippen molar-refractivity contribution in [3.05, 3.63) is 27.9 Å². The molecule has 0 aliphatic carbocycles. The number of aromatic amines is 1. The summed E-state index contributed by atoms with van der Waals surface area (Å²) >= 11 is 3.71. The van der Waals surface area contributed by atoms with Gasteiger partial charge in [0, 0.05) is 63.0 Å². The average Bonchev–Trinajstić information content (AvgIpc) is 4.14. The second kappa shape index (κ2) is 42.4. The van der Waals surface area contributed by atoms with Gasteiger partial charge in [0.05, 0.1) is 30.7 Å². The minimum Gasteiger partial charge on any atom is -0.481 e. The average molecular weight is 1360 g/mol. The van der Waals surface area contributed by atoms with Crippen molar-refractivity contribution in [1.29, 1.82) is 0 Å². The van der Waals surface area contributed by atoms with Gasteiger partial charge in [0.15, 0.2) is 0 Å². The fraction of sp³-hybridized carbons (Fsp3) is 0.810. The van der Waals surface area contributed by atoms with Crippen LogP contribution in [0, 0.1) is 18.5 Å². The van der Waals surface area contributed by atoms with E-state index in [2.05, 4.69) is 79.7 Å². The molecule has 24 heteroatoms. The molecule has 381 valence electrons. The first-order valence-corrected chi connectivity index (χ1v) is 28.3. The summed E-state index contributed by atoms with van der Waals surface area (Å²) in [6, 6.07) is 0.531. The number of unbranched alkanes of at least 4 members (excludes halogenated alkanes) is 2. The van der Waals surface area contributed by atoms with E-state index in [1.807, 2.05) is 28.4 Å². The molecule has 6 rings (SSSR count). The van der Waals surface area contributed by atoms with Gasteiger partial charge in [-0.05, 0) is 75.5 Å². The SMILES string of the molecule is C#CCN1C(=O)NC2CSC(CCCCC(=O)O)C21.C1CCOC1.CCP(CC)CC.CCP(CC)CC.O=C(O)CCCCC1SCC2NC(=O)N(Cc3[c-]nn[nH]3)C21.[Au+].[Au+].[B].[N-]=[N+]=[N-]. The molecule has 6 unspecified atom stereocenters. The van der Waals surface area contributed by atoms with E-state index in [-0.39, 0.29) is 102 Å². The number of aromatic nitrogens is 3. The predicted octanol–water partition coefficient (Wildman–Crippen LogP) is 8.10. The molecule has 1 aromatic heterocycles. The zero-order chi connectivity index (χ0) is 47.0. The molecule has 6 atom stereocenters. The van der Waals surface area contributed by atoms with Crippen molar-refractivity contribution in [2.45, 2.75) is 147 Å². The Morgan fingerprint density at radius 3 is 1.53 bits per heavy atom. The van der Waals surface area contributed by atoms with Gasteiger partial charge in [0.25, 0.3) is 0 Å². The standard InChI is InChI=1S/C13H18N5O3S.C13H18N2O3S.2C6H15P.C4H8O.2Au.B.N3/c19-11(20)4-2-1-3-10-12-9(7-22-10)15-13(21)18(12)6-8-5-14-17-16-8;1-2-7-15-12-9(14-13(15)18)8-19-10(12)5-3-4-6-11(16)17;2*1-4-7(5-2)6-3;1-2-4-5-3-1;;;;1-3-2/h9-10,12H,1-4,6-7H2,(H,15,21)(H,19,20)(H,14,16,17);1,9-10,12H,3-8H2,(H,14,18)(H,16,17);2*4-6H2,1-3H3;1-4H2;;;;/q-1;;;;;2*+1;;-1. The summed E-state index contributed by atoms with van der Waals surface area (Å²) in [5, 5.41) is 34.0. The summed E-state index contributed by atoms with van der Waals surface area (Å²) in [5.74, 6) is 2.86. The van der Waals surface area contributed by atoms with Crippen LogP contribution in [-0.4, -0.2) is 171 Å². The van der Waals surface area contributed by atoms with Crippen molar-refractivity contribution < 1.29 is 78.9 Å². The largest absolute Gasteiger partial charge is 1.00 e. The summed E-state index contributed by atoms with van der Waals surface area (Å²) in [7, 11) is 0.892. The first-order chi connectivity index (χ1) is 30.4. The predicted molar refractivity (Wildman–Crippen MR) is 266 cm³/mol. The van der Waals surface area contributed by atoms with Crippen molar-refractivity contribution >= 4 is 71.8 Å². The van der Waals surface area contributed by atoms with Gasteiger partial charge in [0.2, 0.25) is 0 Å². The van der Waals surface area contributed by atoms with E-state index < -0.39 is 11.9 Å². The van der Waals surface area contributed by atoms with Gasteiger partial charge in [-0.2, -0.15) is 23.5 Å². The van der Waals surface area contributed by atoms with Gasteiger partial charge in [-0.15, -0.1) is 33.2 Å².